The molecule has 184 valence electrons. The Kier molecular flexibility index (Phi) is 5.83. The molecule has 2 aromatic rings. The molecule has 0 radical (unpaired) electrons. The van der Waals surface area contributed by atoms with Gasteiger partial charge in [0.2, 0.25) is 0 Å². The molecule has 3 heterocycles. The Bertz CT molecular complexity index is 1140. The van der Waals surface area contributed by atoms with E-state index in [4.69, 9.17) is 9.72 Å². The summed E-state index contributed by atoms with van der Waals surface area (Å²) in [5, 5.41) is 10.1. The van der Waals surface area contributed by atoms with Crippen LogP contribution in [0.2, 0.25) is 0 Å². The summed E-state index contributed by atoms with van der Waals surface area (Å²) >= 11 is 0. The first-order valence-electron chi connectivity index (χ1n) is 11.5. The van der Waals surface area contributed by atoms with Crippen molar-refractivity contribution < 1.29 is 24.2 Å². The molecule has 0 spiro atoms. The lowest BCUT2D eigenvalue weighted by molar-refractivity contribution is -0.127. The molecule has 1 aliphatic carbocycles. The zero-order valence-corrected chi connectivity index (χ0v) is 20.7. The summed E-state index contributed by atoms with van der Waals surface area (Å²) in [6.45, 7) is 8.58. The summed E-state index contributed by atoms with van der Waals surface area (Å²) in [6, 6.07) is 1.46. The number of imide groups is 1. The molecule has 4 amide bonds. The van der Waals surface area contributed by atoms with Crippen molar-refractivity contribution in [3.05, 3.63) is 29.7 Å². The van der Waals surface area contributed by atoms with Crippen molar-refractivity contribution in [3.63, 3.8) is 0 Å². The first kappa shape index (κ1) is 24.0. The fourth-order valence-electron chi connectivity index (χ4n) is 3.99. The number of hydrogen-bond acceptors (Lipinski definition) is 6. The van der Waals surface area contributed by atoms with Crippen LogP contribution in [0.15, 0.2) is 18.5 Å². The Balaban J connectivity index is 1.66. The van der Waals surface area contributed by atoms with Crippen LogP contribution in [0.3, 0.4) is 0 Å². The first-order chi connectivity index (χ1) is 15.7. The minimum absolute atomic E-state index is 0.0832. The van der Waals surface area contributed by atoms with Gasteiger partial charge in [-0.3, -0.25) is 14.6 Å². The van der Waals surface area contributed by atoms with E-state index in [1.807, 2.05) is 43.6 Å². The second-order valence-electron chi connectivity index (χ2n) is 10.9. The van der Waals surface area contributed by atoms with Crippen LogP contribution in [0.1, 0.15) is 64.6 Å². The highest BCUT2D eigenvalue weighted by atomic mass is 16.6. The monoisotopic (exact) mass is 471 g/mol. The molecule has 1 saturated carbocycles. The van der Waals surface area contributed by atoms with Gasteiger partial charge in [0, 0.05) is 19.4 Å². The second kappa shape index (κ2) is 8.26. The van der Waals surface area contributed by atoms with Crippen LogP contribution < -0.4 is 4.90 Å². The van der Waals surface area contributed by atoms with E-state index in [0.29, 0.717) is 22.9 Å². The number of carbonyl (C=O) groups excluding carboxylic acids is 3. The molecule has 10 heteroatoms. The average Bonchev–Trinajstić information content (AvgIpc) is 3.41. The van der Waals surface area contributed by atoms with E-state index in [-0.39, 0.29) is 25.5 Å². The molecule has 1 N–H and O–H groups in total. The number of imidazole rings is 1. The molecular weight excluding hydrogens is 438 g/mol. The van der Waals surface area contributed by atoms with Gasteiger partial charge in [-0.05, 0) is 65.0 Å². The molecule has 2 fully saturated rings. The van der Waals surface area contributed by atoms with Crippen LogP contribution in [0.5, 0.6) is 0 Å². The lowest BCUT2D eigenvalue weighted by Gasteiger charge is -2.24. The van der Waals surface area contributed by atoms with E-state index in [0.717, 1.165) is 23.3 Å². The van der Waals surface area contributed by atoms with Gasteiger partial charge in [0.05, 0.1) is 30.1 Å². The Morgan fingerprint density at radius 2 is 1.88 bits per heavy atom. The molecule has 0 aromatic carbocycles. The predicted octanol–water partition coefficient (Wildman–Crippen LogP) is 3.12. The number of β-amino-alcohol motifs (C(OH)–C–C–N with tert-alkyl or cyclic N) is 1. The fourth-order valence-corrected chi connectivity index (χ4v) is 3.99. The quantitative estimate of drug-likeness (QED) is 0.649. The van der Waals surface area contributed by atoms with Gasteiger partial charge < -0.3 is 19.1 Å². The fraction of sp³-hybridized carbons (Fsp3) is 0.583. The third kappa shape index (κ3) is 5.16. The number of rotatable bonds is 6. The van der Waals surface area contributed by atoms with Crippen LogP contribution in [-0.4, -0.2) is 73.7 Å². The number of pyridine rings is 1. The normalized spacial score (nSPS) is 17.1. The number of amides is 4. The number of ether oxygens (including phenoxy) is 1. The summed E-state index contributed by atoms with van der Waals surface area (Å²) in [5.41, 5.74) is 0.991. The maximum Gasteiger partial charge on any atom is 0.410 e. The van der Waals surface area contributed by atoms with Gasteiger partial charge in [-0.1, -0.05) is 0 Å². The predicted molar refractivity (Wildman–Crippen MR) is 126 cm³/mol. The minimum atomic E-state index is -1.20. The summed E-state index contributed by atoms with van der Waals surface area (Å²) in [5.74, 6) is 0.0536. The van der Waals surface area contributed by atoms with Gasteiger partial charge in [-0.25, -0.2) is 14.6 Å². The number of aromatic nitrogens is 2. The lowest BCUT2D eigenvalue weighted by atomic mass is 10.1. The van der Waals surface area contributed by atoms with Crippen LogP contribution in [0.25, 0.3) is 5.65 Å². The van der Waals surface area contributed by atoms with Crippen LogP contribution in [0.4, 0.5) is 15.3 Å². The molecule has 0 atom stereocenters. The molecule has 34 heavy (non-hydrogen) atoms. The molecular formula is C24H33N5O5. The van der Waals surface area contributed by atoms with Crippen molar-refractivity contribution in [1.82, 2.24) is 19.2 Å². The molecule has 1 aliphatic heterocycles. The molecule has 10 nitrogen and oxygen atoms in total. The van der Waals surface area contributed by atoms with Crippen molar-refractivity contribution in [3.8, 4) is 0 Å². The van der Waals surface area contributed by atoms with E-state index < -0.39 is 23.3 Å². The van der Waals surface area contributed by atoms with Crippen molar-refractivity contribution in [2.45, 2.75) is 71.1 Å². The third-order valence-electron chi connectivity index (χ3n) is 5.65. The maximum absolute atomic E-state index is 13.2. The maximum atomic E-state index is 13.2. The zero-order chi connectivity index (χ0) is 25.0. The van der Waals surface area contributed by atoms with Crippen LogP contribution >= 0.6 is 0 Å². The summed E-state index contributed by atoms with van der Waals surface area (Å²) in [7, 11) is 1.64. The molecule has 2 aliphatic rings. The largest absolute Gasteiger partial charge is 0.444 e. The number of aliphatic hydroxyl groups is 1. The molecule has 0 unspecified atom stereocenters. The van der Waals surface area contributed by atoms with Crippen LogP contribution in [-0.2, 0) is 16.1 Å². The highest BCUT2D eigenvalue weighted by Crippen LogP contribution is 2.42. The van der Waals surface area contributed by atoms with E-state index in [2.05, 4.69) is 0 Å². The van der Waals surface area contributed by atoms with Gasteiger partial charge in [-0.15, -0.1) is 0 Å². The summed E-state index contributed by atoms with van der Waals surface area (Å²) in [4.78, 5) is 46.8. The highest BCUT2D eigenvalue weighted by molar-refractivity contribution is 6.13. The van der Waals surface area contributed by atoms with Crippen molar-refractivity contribution >= 4 is 29.4 Å². The van der Waals surface area contributed by atoms with E-state index >= 15 is 0 Å². The van der Waals surface area contributed by atoms with Gasteiger partial charge in [0.25, 0.3) is 5.91 Å². The van der Waals surface area contributed by atoms with E-state index in [1.54, 1.807) is 20.9 Å². The third-order valence-corrected chi connectivity index (χ3v) is 5.65. The van der Waals surface area contributed by atoms with Gasteiger partial charge in [0.15, 0.2) is 5.65 Å². The van der Waals surface area contributed by atoms with E-state index in [9.17, 15) is 19.5 Å². The highest BCUT2D eigenvalue weighted by Gasteiger charge is 2.41. The first-order valence-corrected chi connectivity index (χ1v) is 11.5. The SMILES string of the molecule is CN(Cc1cn2cc(C3CC3)cc(N3CC(=O)N(CC(C)(C)O)C3=O)c2n1)C(=O)OC(C)(C)C. The number of anilines is 1. The van der Waals surface area contributed by atoms with Gasteiger partial charge in [0.1, 0.15) is 12.1 Å². The lowest BCUT2D eigenvalue weighted by Crippen LogP contribution is -2.43. The molecule has 2 aromatic heterocycles. The number of fused-ring (bicyclic) bond motifs is 1. The number of urea groups is 1. The Labute approximate surface area is 199 Å². The minimum Gasteiger partial charge on any atom is -0.444 e. The van der Waals surface area contributed by atoms with Crippen molar-refractivity contribution in [2.75, 3.05) is 25.0 Å². The Hall–Kier alpha value is -3.14. The Morgan fingerprint density at radius 3 is 2.47 bits per heavy atom. The average molecular weight is 472 g/mol. The summed E-state index contributed by atoms with van der Waals surface area (Å²) in [6.07, 6.45) is 5.53. The van der Waals surface area contributed by atoms with Gasteiger partial charge in [-0.2, -0.15) is 0 Å². The van der Waals surface area contributed by atoms with Gasteiger partial charge >= 0.3 is 12.1 Å². The van der Waals surface area contributed by atoms with E-state index in [1.165, 1.54) is 9.80 Å². The summed E-state index contributed by atoms with van der Waals surface area (Å²) < 4.78 is 7.28. The number of hydrogen-bond donors (Lipinski definition) is 1. The number of nitrogens with zero attached hydrogens (tertiary/aromatic N) is 5. The van der Waals surface area contributed by atoms with Crippen molar-refractivity contribution in [1.29, 1.82) is 0 Å². The van der Waals surface area contributed by atoms with Crippen molar-refractivity contribution in [2.24, 2.45) is 0 Å². The standard InChI is InChI=1S/C24H33N5O5/c1-23(2,3)34-22(32)26(6)11-17-12-27-10-16(15-7-8-15)9-18(20(27)25-17)28-13-19(30)29(21(28)31)14-24(4,5)33/h9-10,12,15,33H,7-8,11,13-14H2,1-6H3. The molecule has 4 rings (SSSR count). The number of carbonyl (C=O) groups is 3. The molecule has 1 saturated heterocycles. The van der Waals surface area contributed by atoms with Crippen LogP contribution in [0, 0.1) is 0 Å². The zero-order valence-electron chi connectivity index (χ0n) is 20.7. The Morgan fingerprint density at radius 1 is 1.21 bits per heavy atom. The topological polar surface area (TPSA) is 108 Å². The molecule has 0 bridgehead atoms. The smallest absolute Gasteiger partial charge is 0.410 e. The second-order valence-corrected chi connectivity index (χ2v) is 10.9.